The molecule has 2 heterocycles. The maximum Gasteiger partial charge on any atom is 0.137 e. The molecule has 0 bridgehead atoms. The molecule has 0 amide bonds. The first-order chi connectivity index (χ1) is 8.22. The Morgan fingerprint density at radius 2 is 1.94 bits per heavy atom. The van der Waals surface area contributed by atoms with E-state index in [9.17, 15) is 0 Å². The minimum atomic E-state index is -0.178. The highest BCUT2D eigenvalue weighted by molar-refractivity contribution is 5.57. The summed E-state index contributed by atoms with van der Waals surface area (Å²) >= 11 is 0. The fourth-order valence-corrected chi connectivity index (χ4v) is 1.52. The lowest BCUT2D eigenvalue weighted by molar-refractivity contribution is 0.413. The van der Waals surface area contributed by atoms with Crippen molar-refractivity contribution in [2.24, 2.45) is 5.73 Å². The largest absolute Gasteiger partial charge is 0.495 e. The van der Waals surface area contributed by atoms with E-state index in [4.69, 9.17) is 10.5 Å². The standard InChI is InChI=1S/C12H14N4O/c1-8(13)11-12(15-6-5-14-11)10-4-3-9(17-2)7-16-10/h3-8H,13H2,1-2H3/t8-/m1/s1. The van der Waals surface area contributed by atoms with Crippen molar-refractivity contribution in [3.05, 3.63) is 36.4 Å². The first kappa shape index (κ1) is 11.5. The number of pyridine rings is 1. The van der Waals surface area contributed by atoms with E-state index in [1.54, 1.807) is 25.7 Å². The highest BCUT2D eigenvalue weighted by atomic mass is 16.5. The van der Waals surface area contributed by atoms with Crippen molar-refractivity contribution in [3.8, 4) is 17.1 Å². The summed E-state index contributed by atoms with van der Waals surface area (Å²) in [5.41, 5.74) is 8.05. The average molecular weight is 230 g/mol. The molecule has 5 nitrogen and oxygen atoms in total. The molecule has 0 saturated carbocycles. The Morgan fingerprint density at radius 3 is 2.53 bits per heavy atom. The molecule has 2 rings (SSSR count). The lowest BCUT2D eigenvalue weighted by Gasteiger charge is -2.09. The van der Waals surface area contributed by atoms with Crippen molar-refractivity contribution in [1.29, 1.82) is 0 Å². The normalized spacial score (nSPS) is 12.2. The van der Waals surface area contributed by atoms with Crippen LogP contribution in [0.2, 0.25) is 0 Å². The molecule has 2 aromatic heterocycles. The van der Waals surface area contributed by atoms with Gasteiger partial charge < -0.3 is 10.5 Å². The van der Waals surface area contributed by atoms with Crippen molar-refractivity contribution in [2.45, 2.75) is 13.0 Å². The summed E-state index contributed by atoms with van der Waals surface area (Å²) in [6.45, 7) is 1.87. The molecule has 0 fully saturated rings. The highest BCUT2D eigenvalue weighted by Crippen LogP contribution is 2.22. The Balaban J connectivity index is 2.45. The van der Waals surface area contributed by atoms with E-state index >= 15 is 0 Å². The van der Waals surface area contributed by atoms with Crippen LogP contribution in [0.25, 0.3) is 11.4 Å². The van der Waals surface area contributed by atoms with Crippen molar-refractivity contribution < 1.29 is 4.74 Å². The smallest absolute Gasteiger partial charge is 0.137 e. The Bertz CT molecular complexity index is 496. The molecule has 1 atom stereocenters. The van der Waals surface area contributed by atoms with Crippen molar-refractivity contribution in [2.75, 3.05) is 7.11 Å². The van der Waals surface area contributed by atoms with E-state index < -0.39 is 0 Å². The molecule has 0 spiro atoms. The predicted molar refractivity (Wildman–Crippen MR) is 64.4 cm³/mol. The van der Waals surface area contributed by atoms with Gasteiger partial charge in [0.2, 0.25) is 0 Å². The van der Waals surface area contributed by atoms with Gasteiger partial charge in [-0.3, -0.25) is 15.0 Å². The molecular formula is C12H14N4O. The molecule has 0 aliphatic heterocycles. The minimum Gasteiger partial charge on any atom is -0.495 e. The Kier molecular flexibility index (Phi) is 3.30. The first-order valence-corrected chi connectivity index (χ1v) is 5.29. The lowest BCUT2D eigenvalue weighted by Crippen LogP contribution is -2.10. The second-order valence-electron chi connectivity index (χ2n) is 3.66. The SMILES string of the molecule is COc1ccc(-c2nccnc2[C@@H](C)N)nc1. The van der Waals surface area contributed by atoms with Crippen LogP contribution in [0.15, 0.2) is 30.7 Å². The molecule has 2 aromatic rings. The van der Waals surface area contributed by atoms with E-state index in [0.717, 1.165) is 11.4 Å². The summed E-state index contributed by atoms with van der Waals surface area (Å²) in [5.74, 6) is 0.708. The molecule has 0 aliphatic carbocycles. The zero-order valence-electron chi connectivity index (χ0n) is 9.79. The van der Waals surface area contributed by atoms with Crippen LogP contribution in [0.4, 0.5) is 0 Å². The van der Waals surface area contributed by atoms with Crippen LogP contribution < -0.4 is 10.5 Å². The van der Waals surface area contributed by atoms with Gasteiger partial charge >= 0.3 is 0 Å². The van der Waals surface area contributed by atoms with E-state index in [2.05, 4.69) is 15.0 Å². The summed E-state index contributed by atoms with van der Waals surface area (Å²) in [4.78, 5) is 12.8. The predicted octanol–water partition coefficient (Wildman–Crippen LogP) is 1.57. The van der Waals surface area contributed by atoms with Crippen LogP contribution in [-0.2, 0) is 0 Å². The molecular weight excluding hydrogens is 216 g/mol. The molecule has 0 aromatic carbocycles. The van der Waals surface area contributed by atoms with Gasteiger partial charge in [-0.15, -0.1) is 0 Å². The molecule has 5 heteroatoms. The average Bonchev–Trinajstić information content (AvgIpc) is 2.39. The molecule has 0 saturated heterocycles. The van der Waals surface area contributed by atoms with Gasteiger partial charge in [0.15, 0.2) is 0 Å². The number of methoxy groups -OCH3 is 1. The number of aromatic nitrogens is 3. The highest BCUT2D eigenvalue weighted by Gasteiger charge is 2.12. The number of nitrogens with two attached hydrogens (primary N) is 1. The molecule has 2 N–H and O–H groups in total. The molecule has 88 valence electrons. The van der Waals surface area contributed by atoms with Gasteiger partial charge in [-0.25, -0.2) is 0 Å². The molecule has 0 radical (unpaired) electrons. The fraction of sp³-hybridized carbons (Fsp3) is 0.250. The minimum absolute atomic E-state index is 0.178. The van der Waals surface area contributed by atoms with Crippen LogP contribution in [0, 0.1) is 0 Å². The lowest BCUT2D eigenvalue weighted by atomic mass is 10.1. The summed E-state index contributed by atoms with van der Waals surface area (Å²) in [7, 11) is 1.60. The first-order valence-electron chi connectivity index (χ1n) is 5.29. The van der Waals surface area contributed by atoms with Crippen LogP contribution >= 0.6 is 0 Å². The Hall–Kier alpha value is -2.01. The van der Waals surface area contributed by atoms with E-state index in [-0.39, 0.29) is 6.04 Å². The number of ether oxygens (including phenoxy) is 1. The summed E-state index contributed by atoms with van der Waals surface area (Å²) in [6, 6.07) is 3.50. The molecule has 17 heavy (non-hydrogen) atoms. The third-order valence-electron chi connectivity index (χ3n) is 2.37. The molecule has 0 unspecified atom stereocenters. The number of nitrogens with zero attached hydrogens (tertiary/aromatic N) is 3. The topological polar surface area (TPSA) is 73.9 Å². The molecule has 0 aliphatic rings. The Morgan fingerprint density at radius 1 is 1.18 bits per heavy atom. The number of rotatable bonds is 3. The fourth-order valence-electron chi connectivity index (χ4n) is 1.52. The van der Waals surface area contributed by atoms with Gasteiger partial charge in [-0.1, -0.05) is 0 Å². The van der Waals surface area contributed by atoms with Gasteiger partial charge in [0, 0.05) is 18.4 Å². The number of hydrogen-bond acceptors (Lipinski definition) is 5. The van der Waals surface area contributed by atoms with Crippen LogP contribution in [-0.4, -0.2) is 22.1 Å². The maximum absolute atomic E-state index is 5.85. The number of hydrogen-bond donors (Lipinski definition) is 1. The van der Waals surface area contributed by atoms with Crippen molar-refractivity contribution in [1.82, 2.24) is 15.0 Å². The Labute approximate surface area is 99.7 Å². The second kappa shape index (κ2) is 4.88. The monoisotopic (exact) mass is 230 g/mol. The third-order valence-corrected chi connectivity index (χ3v) is 2.37. The van der Waals surface area contributed by atoms with Crippen molar-refractivity contribution >= 4 is 0 Å². The van der Waals surface area contributed by atoms with E-state index in [0.29, 0.717) is 11.4 Å². The quantitative estimate of drug-likeness (QED) is 0.866. The van der Waals surface area contributed by atoms with Crippen LogP contribution in [0.1, 0.15) is 18.7 Å². The van der Waals surface area contributed by atoms with Crippen LogP contribution in [0.5, 0.6) is 5.75 Å². The zero-order valence-corrected chi connectivity index (χ0v) is 9.79. The summed E-state index contributed by atoms with van der Waals surface area (Å²) in [6.07, 6.45) is 4.91. The van der Waals surface area contributed by atoms with Gasteiger partial charge in [0.1, 0.15) is 11.4 Å². The summed E-state index contributed by atoms with van der Waals surface area (Å²) < 4.78 is 5.06. The van der Waals surface area contributed by atoms with Gasteiger partial charge in [0.05, 0.1) is 24.7 Å². The second-order valence-corrected chi connectivity index (χ2v) is 3.66. The van der Waals surface area contributed by atoms with Gasteiger partial charge in [-0.05, 0) is 19.1 Å². The third kappa shape index (κ3) is 2.39. The van der Waals surface area contributed by atoms with E-state index in [1.807, 2.05) is 19.1 Å². The van der Waals surface area contributed by atoms with Crippen molar-refractivity contribution in [3.63, 3.8) is 0 Å². The van der Waals surface area contributed by atoms with Crippen LogP contribution in [0.3, 0.4) is 0 Å². The zero-order chi connectivity index (χ0) is 12.3. The van der Waals surface area contributed by atoms with Gasteiger partial charge in [-0.2, -0.15) is 0 Å². The van der Waals surface area contributed by atoms with E-state index in [1.165, 1.54) is 0 Å². The summed E-state index contributed by atoms with van der Waals surface area (Å²) in [5, 5.41) is 0. The van der Waals surface area contributed by atoms with Gasteiger partial charge in [0.25, 0.3) is 0 Å². The maximum atomic E-state index is 5.85.